The molecule has 1 aromatic rings. The zero-order chi connectivity index (χ0) is 9.14. The predicted octanol–water partition coefficient (Wildman–Crippen LogP) is 2.69. The molecule has 0 saturated carbocycles. The first kappa shape index (κ1) is 8.93. The lowest BCUT2D eigenvalue weighted by Crippen LogP contribution is -1.91. The van der Waals surface area contributed by atoms with E-state index < -0.39 is 0 Å². The lowest BCUT2D eigenvalue weighted by molar-refractivity contribution is -0.422. The Morgan fingerprint density at radius 1 is 1.75 bits per heavy atom. The summed E-state index contributed by atoms with van der Waals surface area (Å²) in [5.74, 6) is 0. The monoisotopic (exact) mass is 183 g/mol. The zero-order valence-corrected chi connectivity index (χ0v) is 7.72. The molecule has 12 heavy (non-hydrogen) atoms. The minimum Gasteiger partial charge on any atom is -0.259 e. The van der Waals surface area contributed by atoms with Crippen LogP contribution in [-0.2, 0) is 0 Å². The van der Waals surface area contributed by atoms with Crippen molar-refractivity contribution in [1.29, 1.82) is 0 Å². The Morgan fingerprint density at radius 3 is 2.83 bits per heavy atom. The number of allylic oxidation sites excluding steroid dienone is 1. The second kappa shape index (κ2) is 3.49. The molecule has 0 aromatic carbocycles. The molecule has 1 heterocycles. The standard InChI is InChI=1S/C8H9NO2S/c1-6-3-8(12-5-6)4-7(2)9(10)11/h3-5H,1-2H3/b7-4-. The topological polar surface area (TPSA) is 43.1 Å². The van der Waals surface area contributed by atoms with Gasteiger partial charge in [-0.3, -0.25) is 10.1 Å². The summed E-state index contributed by atoms with van der Waals surface area (Å²) in [6.45, 7) is 3.46. The van der Waals surface area contributed by atoms with Gasteiger partial charge in [0.25, 0.3) is 0 Å². The van der Waals surface area contributed by atoms with Crippen LogP contribution in [0, 0.1) is 17.0 Å². The van der Waals surface area contributed by atoms with Gasteiger partial charge in [-0.25, -0.2) is 0 Å². The van der Waals surface area contributed by atoms with Gasteiger partial charge in [0, 0.05) is 17.9 Å². The van der Waals surface area contributed by atoms with E-state index in [0.717, 1.165) is 10.4 Å². The van der Waals surface area contributed by atoms with E-state index in [1.165, 1.54) is 18.3 Å². The maximum atomic E-state index is 10.3. The molecule has 0 aliphatic heterocycles. The van der Waals surface area contributed by atoms with Crippen LogP contribution in [0.2, 0.25) is 0 Å². The van der Waals surface area contributed by atoms with Crippen LogP contribution in [-0.4, -0.2) is 4.92 Å². The van der Waals surface area contributed by atoms with Gasteiger partial charge in [0.15, 0.2) is 0 Å². The van der Waals surface area contributed by atoms with E-state index in [9.17, 15) is 10.1 Å². The predicted molar refractivity (Wildman–Crippen MR) is 49.7 cm³/mol. The average Bonchev–Trinajstić information content (AvgIpc) is 2.35. The maximum Gasteiger partial charge on any atom is 0.244 e. The third-order valence-corrected chi connectivity index (χ3v) is 2.39. The molecule has 0 bridgehead atoms. The Kier molecular flexibility index (Phi) is 2.60. The van der Waals surface area contributed by atoms with Crippen molar-refractivity contribution in [2.75, 3.05) is 0 Å². The molecule has 1 rings (SSSR count). The minimum absolute atomic E-state index is 0.178. The van der Waals surface area contributed by atoms with Crippen molar-refractivity contribution in [3.05, 3.63) is 37.7 Å². The lowest BCUT2D eigenvalue weighted by atomic mass is 10.3. The number of hydrogen-bond donors (Lipinski definition) is 0. The highest BCUT2D eigenvalue weighted by molar-refractivity contribution is 7.11. The molecule has 0 atom stereocenters. The molecule has 0 aliphatic rings. The first-order chi connectivity index (χ1) is 5.59. The molecule has 0 N–H and O–H groups in total. The van der Waals surface area contributed by atoms with E-state index in [1.807, 2.05) is 18.4 Å². The van der Waals surface area contributed by atoms with E-state index in [1.54, 1.807) is 6.08 Å². The fraction of sp³-hybridized carbons (Fsp3) is 0.250. The molecule has 0 fully saturated rings. The SMILES string of the molecule is C/C(=C/c1cc(C)cs1)[N+](=O)[O-]. The summed E-state index contributed by atoms with van der Waals surface area (Å²) in [5.41, 5.74) is 1.32. The summed E-state index contributed by atoms with van der Waals surface area (Å²) >= 11 is 1.51. The highest BCUT2D eigenvalue weighted by Gasteiger charge is 2.02. The molecular weight excluding hydrogens is 174 g/mol. The van der Waals surface area contributed by atoms with Gasteiger partial charge in [0.05, 0.1) is 4.92 Å². The van der Waals surface area contributed by atoms with Crippen molar-refractivity contribution < 1.29 is 4.92 Å². The third kappa shape index (κ3) is 2.17. The Labute approximate surface area is 74.5 Å². The summed E-state index contributed by atoms with van der Waals surface area (Å²) in [6.07, 6.45) is 1.58. The molecule has 0 aliphatic carbocycles. The molecule has 0 radical (unpaired) electrons. The molecule has 0 unspecified atom stereocenters. The minimum atomic E-state index is -0.380. The summed E-state index contributed by atoms with van der Waals surface area (Å²) in [6, 6.07) is 1.93. The summed E-state index contributed by atoms with van der Waals surface area (Å²) in [7, 11) is 0. The number of hydrogen-bond acceptors (Lipinski definition) is 3. The second-order valence-corrected chi connectivity index (χ2v) is 3.51. The van der Waals surface area contributed by atoms with Crippen molar-refractivity contribution >= 4 is 17.4 Å². The molecule has 0 spiro atoms. The van der Waals surface area contributed by atoms with Gasteiger partial charge in [-0.15, -0.1) is 11.3 Å². The van der Waals surface area contributed by atoms with Crippen LogP contribution in [0.1, 0.15) is 17.4 Å². The van der Waals surface area contributed by atoms with Crippen molar-refractivity contribution in [1.82, 2.24) is 0 Å². The zero-order valence-electron chi connectivity index (χ0n) is 6.90. The van der Waals surface area contributed by atoms with Crippen LogP contribution in [0.25, 0.3) is 6.08 Å². The van der Waals surface area contributed by atoms with E-state index in [-0.39, 0.29) is 10.6 Å². The number of thiophene rings is 1. The van der Waals surface area contributed by atoms with Crippen LogP contribution >= 0.6 is 11.3 Å². The Bertz CT molecular complexity index is 328. The van der Waals surface area contributed by atoms with Crippen molar-refractivity contribution in [2.24, 2.45) is 0 Å². The molecule has 0 amide bonds. The molecule has 3 nitrogen and oxygen atoms in total. The first-order valence-corrected chi connectivity index (χ1v) is 4.35. The van der Waals surface area contributed by atoms with Crippen molar-refractivity contribution in [3.8, 4) is 0 Å². The fourth-order valence-corrected chi connectivity index (χ4v) is 1.67. The highest BCUT2D eigenvalue weighted by atomic mass is 32.1. The molecule has 64 valence electrons. The van der Waals surface area contributed by atoms with E-state index in [4.69, 9.17) is 0 Å². The quantitative estimate of drug-likeness (QED) is 0.522. The first-order valence-electron chi connectivity index (χ1n) is 3.47. The summed E-state index contributed by atoms with van der Waals surface area (Å²) in [5, 5.41) is 12.2. The van der Waals surface area contributed by atoms with Crippen LogP contribution < -0.4 is 0 Å². The number of aryl methyl sites for hydroxylation is 1. The largest absolute Gasteiger partial charge is 0.259 e. The highest BCUT2D eigenvalue weighted by Crippen LogP contribution is 2.16. The fourth-order valence-electron chi connectivity index (χ4n) is 0.788. The number of nitro groups is 1. The Hall–Kier alpha value is -1.16. The summed E-state index contributed by atoms with van der Waals surface area (Å²) in [4.78, 5) is 10.8. The molecule has 1 aromatic heterocycles. The number of nitrogens with zero attached hydrogens (tertiary/aromatic N) is 1. The molecule has 4 heteroatoms. The van der Waals surface area contributed by atoms with Crippen molar-refractivity contribution in [2.45, 2.75) is 13.8 Å². The average molecular weight is 183 g/mol. The van der Waals surface area contributed by atoms with Gasteiger partial charge in [0.1, 0.15) is 0 Å². The van der Waals surface area contributed by atoms with Crippen LogP contribution in [0.5, 0.6) is 0 Å². The van der Waals surface area contributed by atoms with E-state index in [2.05, 4.69) is 0 Å². The Balaban J connectivity index is 2.87. The maximum absolute atomic E-state index is 10.3. The van der Waals surface area contributed by atoms with Gasteiger partial charge in [-0.2, -0.15) is 0 Å². The van der Waals surface area contributed by atoms with Crippen LogP contribution in [0.15, 0.2) is 17.1 Å². The van der Waals surface area contributed by atoms with Gasteiger partial charge >= 0.3 is 0 Å². The van der Waals surface area contributed by atoms with Gasteiger partial charge < -0.3 is 0 Å². The smallest absolute Gasteiger partial charge is 0.244 e. The lowest BCUT2D eigenvalue weighted by Gasteiger charge is -1.86. The summed E-state index contributed by atoms with van der Waals surface area (Å²) < 4.78 is 0. The second-order valence-electron chi connectivity index (χ2n) is 2.57. The third-order valence-electron chi connectivity index (χ3n) is 1.39. The molecular formula is C8H9NO2S. The van der Waals surface area contributed by atoms with Gasteiger partial charge in [-0.05, 0) is 23.9 Å². The van der Waals surface area contributed by atoms with Crippen LogP contribution in [0.4, 0.5) is 0 Å². The number of rotatable bonds is 2. The van der Waals surface area contributed by atoms with Gasteiger partial charge in [0.2, 0.25) is 5.70 Å². The van der Waals surface area contributed by atoms with E-state index in [0.29, 0.717) is 0 Å². The normalized spacial score (nSPS) is 11.7. The van der Waals surface area contributed by atoms with Gasteiger partial charge in [-0.1, -0.05) is 0 Å². The Morgan fingerprint density at radius 2 is 2.42 bits per heavy atom. The van der Waals surface area contributed by atoms with Crippen LogP contribution in [0.3, 0.4) is 0 Å². The van der Waals surface area contributed by atoms with Crippen molar-refractivity contribution in [3.63, 3.8) is 0 Å². The van der Waals surface area contributed by atoms with E-state index >= 15 is 0 Å². The molecule has 0 saturated heterocycles.